The highest BCUT2D eigenvalue weighted by Crippen LogP contribution is 2.49. The van der Waals surface area contributed by atoms with Gasteiger partial charge in [-0.25, -0.2) is 9.37 Å². The molecule has 0 aliphatic carbocycles. The number of rotatable bonds is 2. The second kappa shape index (κ2) is 8.64. The lowest BCUT2D eigenvalue weighted by atomic mass is 9.81. The van der Waals surface area contributed by atoms with Crippen molar-refractivity contribution in [2.45, 2.75) is 18.5 Å². The summed E-state index contributed by atoms with van der Waals surface area (Å²) in [4.78, 5) is 25.4. The summed E-state index contributed by atoms with van der Waals surface area (Å²) in [6.07, 6.45) is 5.30. The number of aliphatic hydroxyl groups is 1. The van der Waals surface area contributed by atoms with Gasteiger partial charge in [0, 0.05) is 43.2 Å². The van der Waals surface area contributed by atoms with Gasteiger partial charge in [0.15, 0.2) is 0 Å². The van der Waals surface area contributed by atoms with Crippen molar-refractivity contribution in [1.29, 1.82) is 0 Å². The van der Waals surface area contributed by atoms with Crippen LogP contribution in [0.1, 0.15) is 39.6 Å². The molecule has 2 aliphatic rings. The Hall–Kier alpha value is -3.76. The van der Waals surface area contributed by atoms with Gasteiger partial charge in [0.2, 0.25) is 0 Å². The number of nitrogens with zero attached hydrogens (tertiary/aromatic N) is 4. The number of benzene rings is 2. The molecular formula is C26H23FN4O2. The van der Waals surface area contributed by atoms with Gasteiger partial charge >= 0.3 is 0 Å². The van der Waals surface area contributed by atoms with E-state index >= 15 is 0 Å². The highest BCUT2D eigenvalue weighted by atomic mass is 19.1. The number of hydrogen-bond donors (Lipinski definition) is 1. The van der Waals surface area contributed by atoms with Crippen LogP contribution in [0.3, 0.4) is 0 Å². The predicted molar refractivity (Wildman–Crippen MR) is 122 cm³/mol. The summed E-state index contributed by atoms with van der Waals surface area (Å²) in [5, 5.41) is 10.1. The van der Waals surface area contributed by atoms with E-state index in [4.69, 9.17) is 0 Å². The van der Waals surface area contributed by atoms with Crippen molar-refractivity contribution in [2.24, 2.45) is 5.92 Å². The number of aromatic nitrogens is 2. The van der Waals surface area contributed by atoms with Crippen LogP contribution in [0.25, 0.3) is 0 Å². The fraction of sp³-hybridized carbons (Fsp3) is 0.269. The Labute approximate surface area is 191 Å². The molecule has 6 nitrogen and oxygen atoms in total. The predicted octanol–water partition coefficient (Wildman–Crippen LogP) is 3.03. The number of aliphatic hydroxyl groups excluding tert-OH is 1. The molecule has 2 aliphatic heterocycles. The maximum absolute atomic E-state index is 14.0. The molecule has 33 heavy (non-hydrogen) atoms. The molecule has 0 unspecified atom stereocenters. The Balaban J connectivity index is 1.56. The lowest BCUT2D eigenvalue weighted by Gasteiger charge is -2.44. The zero-order valence-electron chi connectivity index (χ0n) is 18.1. The van der Waals surface area contributed by atoms with Crippen LogP contribution in [-0.2, 0) is 0 Å². The molecule has 0 saturated carbocycles. The van der Waals surface area contributed by atoms with Crippen LogP contribution < -0.4 is 4.90 Å². The minimum absolute atomic E-state index is 0.000872. The van der Waals surface area contributed by atoms with E-state index in [0.29, 0.717) is 17.8 Å². The molecule has 0 spiro atoms. The van der Waals surface area contributed by atoms with E-state index in [9.17, 15) is 14.3 Å². The molecule has 1 fully saturated rings. The minimum atomic E-state index is -0.356. The Bertz CT molecular complexity index is 1250. The van der Waals surface area contributed by atoms with Crippen LogP contribution in [0, 0.1) is 23.6 Å². The highest BCUT2D eigenvalue weighted by Gasteiger charge is 2.48. The van der Waals surface area contributed by atoms with Crippen LogP contribution in [0.15, 0.2) is 61.1 Å². The van der Waals surface area contributed by atoms with Gasteiger partial charge in [-0.15, -0.1) is 0 Å². The van der Waals surface area contributed by atoms with Gasteiger partial charge in [-0.3, -0.25) is 9.78 Å². The molecule has 5 rings (SSSR count). The third kappa shape index (κ3) is 3.73. The van der Waals surface area contributed by atoms with Gasteiger partial charge in [0.25, 0.3) is 5.91 Å². The van der Waals surface area contributed by atoms with Crippen LogP contribution in [0.5, 0.6) is 0 Å². The summed E-state index contributed by atoms with van der Waals surface area (Å²) in [6, 6.07) is 11.9. The molecule has 1 aromatic heterocycles. The lowest BCUT2D eigenvalue weighted by molar-refractivity contribution is 0.0687. The highest BCUT2D eigenvalue weighted by molar-refractivity contribution is 5.92. The van der Waals surface area contributed by atoms with Crippen molar-refractivity contribution in [2.75, 3.05) is 25.1 Å². The quantitative estimate of drug-likeness (QED) is 0.618. The molecule has 3 heterocycles. The third-order valence-corrected chi connectivity index (χ3v) is 6.61. The van der Waals surface area contributed by atoms with Crippen molar-refractivity contribution < 1.29 is 14.3 Å². The number of carbonyl (C=O) groups excluding carboxylic acids is 1. The Morgan fingerprint density at radius 2 is 2.06 bits per heavy atom. The zero-order valence-corrected chi connectivity index (χ0v) is 18.1. The van der Waals surface area contributed by atoms with E-state index in [1.165, 1.54) is 24.7 Å². The Kier molecular flexibility index (Phi) is 5.53. The van der Waals surface area contributed by atoms with E-state index in [1.807, 2.05) is 30.1 Å². The first-order valence-electron chi connectivity index (χ1n) is 10.9. The van der Waals surface area contributed by atoms with Crippen LogP contribution in [0.4, 0.5) is 10.1 Å². The normalized spacial score (nSPS) is 21.1. The van der Waals surface area contributed by atoms with Crippen molar-refractivity contribution >= 4 is 11.6 Å². The number of likely N-dealkylation sites (N-methyl/N-ethyl adjacent to an activating group) is 1. The third-order valence-electron chi connectivity index (χ3n) is 6.61. The van der Waals surface area contributed by atoms with E-state index in [1.54, 1.807) is 18.2 Å². The molecule has 3 aromatic rings. The second-order valence-electron chi connectivity index (χ2n) is 8.35. The molecule has 2 aromatic carbocycles. The van der Waals surface area contributed by atoms with Crippen molar-refractivity contribution in [1.82, 2.24) is 14.9 Å². The maximum Gasteiger partial charge on any atom is 0.274 e. The average Bonchev–Trinajstić information content (AvgIpc) is 3.29. The minimum Gasteiger partial charge on any atom is -0.394 e. The van der Waals surface area contributed by atoms with E-state index in [0.717, 1.165) is 23.2 Å². The summed E-state index contributed by atoms with van der Waals surface area (Å²) in [5.74, 6) is 5.51. The van der Waals surface area contributed by atoms with Gasteiger partial charge in [0.05, 0.1) is 30.5 Å². The number of likely N-dealkylation sites (tertiary alicyclic amines) is 1. The fourth-order valence-electron chi connectivity index (χ4n) is 5.02. The van der Waals surface area contributed by atoms with Gasteiger partial charge < -0.3 is 14.9 Å². The summed E-state index contributed by atoms with van der Waals surface area (Å²) >= 11 is 0. The van der Waals surface area contributed by atoms with Crippen molar-refractivity contribution in [3.63, 3.8) is 0 Å². The first kappa shape index (κ1) is 21.1. The molecule has 3 atom stereocenters. The van der Waals surface area contributed by atoms with Crippen LogP contribution in [0.2, 0.25) is 0 Å². The fourth-order valence-corrected chi connectivity index (χ4v) is 5.02. The largest absolute Gasteiger partial charge is 0.394 e. The van der Waals surface area contributed by atoms with E-state index < -0.39 is 0 Å². The monoisotopic (exact) mass is 442 g/mol. The van der Waals surface area contributed by atoms with Crippen molar-refractivity contribution in [3.05, 3.63) is 89.3 Å². The lowest BCUT2D eigenvalue weighted by Crippen LogP contribution is -2.48. The number of fused-ring (bicyclic) bond motifs is 3. The summed E-state index contributed by atoms with van der Waals surface area (Å²) in [5.41, 5.74) is 3.30. The van der Waals surface area contributed by atoms with Crippen LogP contribution >= 0.6 is 0 Å². The second-order valence-corrected chi connectivity index (χ2v) is 8.35. The Morgan fingerprint density at radius 3 is 2.82 bits per heavy atom. The molecule has 166 valence electrons. The van der Waals surface area contributed by atoms with Gasteiger partial charge in [0.1, 0.15) is 11.5 Å². The van der Waals surface area contributed by atoms with Crippen LogP contribution in [-0.4, -0.2) is 52.1 Å². The average molecular weight is 442 g/mol. The molecule has 0 bridgehead atoms. The molecule has 1 N–H and O–H groups in total. The summed E-state index contributed by atoms with van der Waals surface area (Å²) in [6.45, 7) is 0.568. The number of hydrogen-bond acceptors (Lipinski definition) is 5. The molecular weight excluding hydrogens is 419 g/mol. The molecule has 0 radical (unpaired) electrons. The first-order chi connectivity index (χ1) is 16.1. The maximum atomic E-state index is 14.0. The summed E-state index contributed by atoms with van der Waals surface area (Å²) < 4.78 is 14.0. The number of halogens is 1. The first-order valence-corrected chi connectivity index (χ1v) is 10.9. The van der Waals surface area contributed by atoms with Gasteiger partial charge in [-0.05, 0) is 42.3 Å². The standard InChI is InChI=1S/C26H23FN4O2/c1-30-23-9-7-17(6-8-18-4-2-3-5-21(18)27)14-20(23)25-19(24(30)16-32)10-13-31(25)26(33)22-15-28-11-12-29-22/h2-5,7,9,11-12,14-15,19,24-25,32H,10,13,16H2,1H3/t19-,24-,25-/m1/s1. The molecule has 1 amide bonds. The van der Waals surface area contributed by atoms with Gasteiger partial charge in [-0.2, -0.15) is 0 Å². The topological polar surface area (TPSA) is 69.6 Å². The Morgan fingerprint density at radius 1 is 1.21 bits per heavy atom. The summed E-state index contributed by atoms with van der Waals surface area (Å²) in [7, 11) is 1.97. The van der Waals surface area contributed by atoms with E-state index in [-0.39, 0.29) is 36.3 Å². The number of amides is 1. The smallest absolute Gasteiger partial charge is 0.274 e. The molecule has 1 saturated heterocycles. The van der Waals surface area contributed by atoms with Crippen molar-refractivity contribution in [3.8, 4) is 11.8 Å². The van der Waals surface area contributed by atoms with E-state index in [2.05, 4.69) is 26.7 Å². The molecule has 7 heteroatoms. The number of carbonyl (C=O) groups is 1. The van der Waals surface area contributed by atoms with Gasteiger partial charge in [-0.1, -0.05) is 24.0 Å². The SMILES string of the molecule is CN1c2ccc(C#Cc3ccccc3F)cc2[C@H]2[C@H](CCN2C(=O)c2cnccn2)[C@H]1CO. The zero-order chi connectivity index (χ0) is 22.9. The number of anilines is 1.